The highest BCUT2D eigenvalue weighted by Gasteiger charge is 2.31. The third kappa shape index (κ3) is 1.65. The lowest BCUT2D eigenvalue weighted by atomic mass is 10.1. The summed E-state index contributed by atoms with van der Waals surface area (Å²) in [6, 6.07) is 7.76. The quantitative estimate of drug-likeness (QED) is 0.442. The van der Waals surface area contributed by atoms with E-state index in [9.17, 15) is 17.6 Å². The molecule has 0 fully saturated rings. The van der Waals surface area contributed by atoms with Crippen molar-refractivity contribution in [1.82, 2.24) is 4.98 Å². The summed E-state index contributed by atoms with van der Waals surface area (Å²) in [5.41, 5.74) is 0.564. The third-order valence-corrected chi connectivity index (χ3v) is 3.52. The lowest BCUT2D eigenvalue weighted by Gasteiger charge is -2.05. The lowest BCUT2D eigenvalue weighted by molar-refractivity contribution is -0.137. The molecule has 2 aromatic carbocycles. The maximum Gasteiger partial charge on any atom is 0.416 e. The monoisotopic (exact) mass is 293 g/mol. The van der Waals surface area contributed by atoms with Gasteiger partial charge in [-0.25, -0.2) is 4.39 Å². The van der Waals surface area contributed by atoms with Crippen molar-refractivity contribution in [2.45, 2.75) is 6.18 Å². The van der Waals surface area contributed by atoms with E-state index in [-0.39, 0.29) is 16.6 Å². The van der Waals surface area contributed by atoms with Crippen LogP contribution in [0.3, 0.4) is 0 Å². The van der Waals surface area contributed by atoms with Gasteiger partial charge in [-0.2, -0.15) is 13.2 Å². The molecule has 2 nitrogen and oxygen atoms in total. The molecule has 1 N–H and O–H groups in total. The molecule has 0 amide bonds. The fourth-order valence-electron chi connectivity index (χ4n) is 2.57. The van der Waals surface area contributed by atoms with Gasteiger partial charge < -0.3 is 9.40 Å². The van der Waals surface area contributed by atoms with Crippen LogP contribution in [-0.2, 0) is 6.18 Å². The van der Waals surface area contributed by atoms with Crippen LogP contribution in [0.4, 0.5) is 17.6 Å². The second-order valence-electron chi connectivity index (χ2n) is 4.80. The topological polar surface area (TPSA) is 28.9 Å². The predicted molar refractivity (Wildman–Crippen MR) is 70.5 cm³/mol. The first kappa shape index (κ1) is 12.3. The van der Waals surface area contributed by atoms with Gasteiger partial charge >= 0.3 is 6.18 Å². The minimum atomic E-state index is -4.44. The highest BCUT2D eigenvalue weighted by atomic mass is 19.4. The van der Waals surface area contributed by atoms with Crippen molar-refractivity contribution in [2.24, 2.45) is 0 Å². The maximum atomic E-state index is 13.9. The summed E-state index contributed by atoms with van der Waals surface area (Å²) in [5.74, 6) is -0.478. The summed E-state index contributed by atoms with van der Waals surface area (Å²) in [6.45, 7) is 0. The molecule has 0 aliphatic heterocycles. The molecule has 4 rings (SSSR count). The highest BCUT2D eigenvalue weighted by Crippen LogP contribution is 2.38. The molecule has 0 aliphatic rings. The Bertz CT molecular complexity index is 994. The van der Waals surface area contributed by atoms with Crippen molar-refractivity contribution in [3.8, 4) is 0 Å². The molecule has 0 saturated heterocycles. The fraction of sp³-hybridized carbons (Fsp3) is 0.0667. The third-order valence-electron chi connectivity index (χ3n) is 3.52. The Morgan fingerprint density at radius 2 is 1.86 bits per heavy atom. The van der Waals surface area contributed by atoms with Gasteiger partial charge in [0.2, 0.25) is 0 Å². The largest absolute Gasteiger partial charge is 0.454 e. The molecule has 0 saturated carbocycles. The van der Waals surface area contributed by atoms with Gasteiger partial charge in [-0.3, -0.25) is 0 Å². The Hall–Kier alpha value is -2.50. The number of halogens is 4. The number of aromatic amines is 1. The first-order valence-electron chi connectivity index (χ1n) is 6.15. The molecule has 0 bridgehead atoms. The normalized spacial score (nSPS) is 12.8. The van der Waals surface area contributed by atoms with Crippen molar-refractivity contribution in [1.29, 1.82) is 0 Å². The summed E-state index contributed by atoms with van der Waals surface area (Å²) in [5, 5.41) is 0.742. The Labute approximate surface area is 115 Å². The standard InChI is InChI=1S/C15H7F4NO/c16-9-2-1-3-10-12(9)14-13(20-10)8-5-4-7(15(17,18)19)6-11(8)21-14/h1-6,20H. The van der Waals surface area contributed by atoms with Crippen molar-refractivity contribution in [3.05, 3.63) is 47.8 Å². The second-order valence-corrected chi connectivity index (χ2v) is 4.80. The molecule has 6 heteroatoms. The van der Waals surface area contributed by atoms with Crippen LogP contribution in [0.15, 0.2) is 40.8 Å². The number of aromatic nitrogens is 1. The van der Waals surface area contributed by atoms with E-state index in [1.54, 1.807) is 12.1 Å². The van der Waals surface area contributed by atoms with Gasteiger partial charge in [0.1, 0.15) is 11.4 Å². The van der Waals surface area contributed by atoms with Crippen molar-refractivity contribution >= 4 is 33.0 Å². The SMILES string of the molecule is Fc1cccc2[nH]c3c4ccc(C(F)(F)F)cc4oc3c12. The van der Waals surface area contributed by atoms with Crippen molar-refractivity contribution in [2.75, 3.05) is 0 Å². The first-order valence-corrected chi connectivity index (χ1v) is 6.15. The summed E-state index contributed by atoms with van der Waals surface area (Å²) >= 11 is 0. The van der Waals surface area contributed by atoms with Crippen LogP contribution in [0.1, 0.15) is 5.56 Å². The Morgan fingerprint density at radius 3 is 2.62 bits per heavy atom. The molecule has 0 spiro atoms. The summed E-state index contributed by atoms with van der Waals surface area (Å²) < 4.78 is 57.5. The average molecular weight is 293 g/mol. The van der Waals surface area contributed by atoms with Crippen molar-refractivity contribution in [3.63, 3.8) is 0 Å². The van der Waals surface area contributed by atoms with E-state index in [0.29, 0.717) is 16.4 Å². The number of hydrogen-bond donors (Lipinski definition) is 1. The molecule has 106 valence electrons. The van der Waals surface area contributed by atoms with E-state index >= 15 is 0 Å². The van der Waals surface area contributed by atoms with Crippen LogP contribution >= 0.6 is 0 Å². The molecule has 4 aromatic rings. The lowest BCUT2D eigenvalue weighted by Crippen LogP contribution is -2.03. The number of H-pyrrole nitrogens is 1. The van der Waals surface area contributed by atoms with Gasteiger partial charge in [0.05, 0.1) is 22.0 Å². The minimum absolute atomic E-state index is 0.0798. The smallest absolute Gasteiger partial charge is 0.416 e. The molecule has 0 atom stereocenters. The predicted octanol–water partition coefficient (Wildman–Crippen LogP) is 5.23. The van der Waals surface area contributed by atoms with Gasteiger partial charge in [-0.1, -0.05) is 6.07 Å². The van der Waals surface area contributed by atoms with E-state index in [0.717, 1.165) is 12.1 Å². The first-order chi connectivity index (χ1) is 9.95. The minimum Gasteiger partial charge on any atom is -0.454 e. The zero-order valence-corrected chi connectivity index (χ0v) is 10.4. The zero-order valence-electron chi connectivity index (χ0n) is 10.4. The summed E-state index contributed by atoms with van der Waals surface area (Å²) in [6.07, 6.45) is -4.44. The van der Waals surface area contributed by atoms with Gasteiger partial charge in [-0.05, 0) is 30.3 Å². The molecule has 21 heavy (non-hydrogen) atoms. The van der Waals surface area contributed by atoms with E-state index in [1.165, 1.54) is 12.1 Å². The number of benzene rings is 2. The number of alkyl halides is 3. The van der Waals surface area contributed by atoms with E-state index in [4.69, 9.17) is 4.42 Å². The van der Waals surface area contributed by atoms with Crippen LogP contribution < -0.4 is 0 Å². The van der Waals surface area contributed by atoms with Crippen LogP contribution in [0.5, 0.6) is 0 Å². The van der Waals surface area contributed by atoms with E-state index in [1.807, 2.05) is 0 Å². The zero-order chi connectivity index (χ0) is 14.8. The van der Waals surface area contributed by atoms with Gasteiger partial charge in [0.15, 0.2) is 5.58 Å². The van der Waals surface area contributed by atoms with E-state index < -0.39 is 17.6 Å². The molecular weight excluding hydrogens is 286 g/mol. The Kier molecular flexibility index (Phi) is 2.21. The maximum absolute atomic E-state index is 13.9. The highest BCUT2D eigenvalue weighted by molar-refractivity contribution is 6.14. The van der Waals surface area contributed by atoms with Crippen LogP contribution in [0.25, 0.3) is 33.0 Å². The van der Waals surface area contributed by atoms with Crippen molar-refractivity contribution < 1.29 is 22.0 Å². The molecule has 2 heterocycles. The summed E-state index contributed by atoms with van der Waals surface area (Å²) in [7, 11) is 0. The van der Waals surface area contributed by atoms with Crippen LogP contribution in [-0.4, -0.2) is 4.98 Å². The molecule has 2 aromatic heterocycles. The molecule has 0 aliphatic carbocycles. The number of furan rings is 1. The number of fused-ring (bicyclic) bond motifs is 5. The van der Waals surface area contributed by atoms with E-state index in [2.05, 4.69) is 4.98 Å². The number of nitrogens with one attached hydrogen (secondary N) is 1. The van der Waals surface area contributed by atoms with Crippen LogP contribution in [0.2, 0.25) is 0 Å². The average Bonchev–Trinajstić information content (AvgIpc) is 2.93. The molecule has 0 radical (unpaired) electrons. The Balaban J connectivity index is 2.12. The summed E-state index contributed by atoms with van der Waals surface area (Å²) in [4.78, 5) is 2.99. The number of rotatable bonds is 0. The van der Waals surface area contributed by atoms with Gasteiger partial charge in [0.25, 0.3) is 0 Å². The molecule has 0 unspecified atom stereocenters. The Morgan fingerprint density at radius 1 is 1.05 bits per heavy atom. The second kappa shape index (κ2) is 3.78. The van der Waals surface area contributed by atoms with Gasteiger partial charge in [-0.15, -0.1) is 0 Å². The molecular formula is C15H7F4NO. The fourth-order valence-corrected chi connectivity index (χ4v) is 2.57. The van der Waals surface area contributed by atoms with Gasteiger partial charge in [0, 0.05) is 5.39 Å². The van der Waals surface area contributed by atoms with Crippen LogP contribution in [0, 0.1) is 5.82 Å². The number of hydrogen-bond acceptors (Lipinski definition) is 1.